The summed E-state index contributed by atoms with van der Waals surface area (Å²) in [7, 11) is 2.76. The molecule has 3 heterocycles. The second-order valence-corrected chi connectivity index (χ2v) is 11.3. The lowest BCUT2D eigenvalue weighted by molar-refractivity contribution is -0.277. The number of nitrogens with zero attached hydrogens (tertiary/aromatic N) is 3. The summed E-state index contributed by atoms with van der Waals surface area (Å²) in [5.74, 6) is -1.64. The highest BCUT2D eigenvalue weighted by Gasteiger charge is 2.45. The van der Waals surface area contributed by atoms with Gasteiger partial charge in [-0.1, -0.05) is 12.1 Å². The van der Waals surface area contributed by atoms with Crippen molar-refractivity contribution in [2.75, 3.05) is 40.5 Å². The molecular formula is C33H37N5O13. The van der Waals surface area contributed by atoms with E-state index in [2.05, 4.69) is 20.6 Å². The number of hydrogen-bond acceptors (Lipinski definition) is 15. The van der Waals surface area contributed by atoms with Gasteiger partial charge in [0, 0.05) is 50.3 Å². The number of amides is 4. The Balaban J connectivity index is 1.26. The molecule has 2 aromatic carbocycles. The van der Waals surface area contributed by atoms with E-state index >= 15 is 0 Å². The zero-order valence-electron chi connectivity index (χ0n) is 27.6. The molecule has 6 N–H and O–H groups in total. The minimum atomic E-state index is -1.65. The van der Waals surface area contributed by atoms with Gasteiger partial charge in [0.1, 0.15) is 48.3 Å². The summed E-state index contributed by atoms with van der Waals surface area (Å²) in [6.07, 6.45) is -5.31. The van der Waals surface area contributed by atoms with Crippen molar-refractivity contribution in [2.24, 2.45) is 0 Å². The molecule has 2 aliphatic heterocycles. The molecule has 1 aromatic heterocycles. The monoisotopic (exact) mass is 711 g/mol. The molecule has 0 spiro atoms. The molecule has 1 saturated heterocycles. The number of aliphatic hydroxyl groups is 4. The first-order chi connectivity index (χ1) is 24.5. The summed E-state index contributed by atoms with van der Waals surface area (Å²) < 4.78 is 28.3. The van der Waals surface area contributed by atoms with Crippen LogP contribution in [0.1, 0.15) is 22.5 Å². The molecule has 272 valence electrons. The second kappa shape index (κ2) is 16.5. The van der Waals surface area contributed by atoms with Crippen LogP contribution in [-0.4, -0.2) is 130 Å². The van der Waals surface area contributed by atoms with Crippen molar-refractivity contribution < 1.29 is 63.3 Å². The van der Waals surface area contributed by atoms with Crippen LogP contribution in [0, 0.1) is 0 Å². The number of nitrogens with one attached hydrogen (secondary N) is 2. The van der Waals surface area contributed by atoms with Crippen LogP contribution in [0.4, 0.5) is 0 Å². The highest BCUT2D eigenvalue weighted by molar-refractivity contribution is 6.13. The Morgan fingerprint density at radius 2 is 1.53 bits per heavy atom. The normalized spacial score (nSPS) is 21.5. The van der Waals surface area contributed by atoms with E-state index in [0.717, 1.165) is 17.1 Å². The molecule has 3 aromatic rings. The Hall–Kier alpha value is -5.40. The number of fused-ring (bicyclic) bond motifs is 1. The van der Waals surface area contributed by atoms with E-state index in [1.165, 1.54) is 26.4 Å². The average Bonchev–Trinajstić information content (AvgIpc) is 3.46. The Kier molecular flexibility index (Phi) is 12.0. The minimum Gasteiger partial charge on any atom is -0.496 e. The molecule has 18 heteroatoms. The standard InChI is InChI=1S/C33H37N5O13/c1-47-21-13-17(50-33-30(45)29(44)28(43)23(15-39)51-33)14-22(48-2)18(21)16-49-32-27(36-19-5-3-4-6-20(19)37-32)31(46)35-11-10-34-24(40)9-12-38-25(41)7-8-26(38)42/h3-8,13-14,23,28-30,33,39,43-45H,9-12,15-16H2,1-2H3,(H,34,40)(H,35,46)/t23?,28?,29?,30-,33?/m1/s1. The third-order valence-corrected chi connectivity index (χ3v) is 7.98. The van der Waals surface area contributed by atoms with Crippen LogP contribution in [0.3, 0.4) is 0 Å². The summed E-state index contributed by atoms with van der Waals surface area (Å²) in [5.41, 5.74) is 1.11. The summed E-state index contributed by atoms with van der Waals surface area (Å²) >= 11 is 0. The van der Waals surface area contributed by atoms with Crippen LogP contribution in [-0.2, 0) is 25.7 Å². The van der Waals surface area contributed by atoms with E-state index in [1.807, 2.05) is 0 Å². The highest BCUT2D eigenvalue weighted by Crippen LogP contribution is 2.36. The van der Waals surface area contributed by atoms with Gasteiger partial charge in [-0.15, -0.1) is 0 Å². The number of aromatic nitrogens is 2. The van der Waals surface area contributed by atoms with Gasteiger partial charge in [-0.05, 0) is 12.1 Å². The average molecular weight is 712 g/mol. The minimum absolute atomic E-state index is 0.0131. The van der Waals surface area contributed by atoms with E-state index in [0.29, 0.717) is 16.6 Å². The molecule has 1 fully saturated rings. The van der Waals surface area contributed by atoms with Gasteiger partial charge in [0.05, 0.1) is 37.4 Å². The van der Waals surface area contributed by atoms with Crippen molar-refractivity contribution in [3.8, 4) is 23.1 Å². The number of aliphatic hydroxyl groups excluding tert-OH is 4. The van der Waals surface area contributed by atoms with Crippen LogP contribution in [0.2, 0.25) is 0 Å². The molecule has 0 aliphatic carbocycles. The summed E-state index contributed by atoms with van der Waals surface area (Å²) in [5, 5.41) is 45.4. The van der Waals surface area contributed by atoms with Gasteiger partial charge < -0.3 is 54.7 Å². The van der Waals surface area contributed by atoms with Gasteiger partial charge in [0.15, 0.2) is 5.69 Å². The SMILES string of the molecule is COc1cc(OC2OC(CO)C(O)C(O)[C@H]2O)cc(OC)c1COc1nc2ccccc2nc1C(=O)NCCNC(=O)CCN1C(=O)C=CC1=O. The molecular weight excluding hydrogens is 674 g/mol. The van der Waals surface area contributed by atoms with E-state index in [-0.39, 0.29) is 61.5 Å². The fourth-order valence-corrected chi connectivity index (χ4v) is 5.26. The van der Waals surface area contributed by atoms with Crippen LogP contribution in [0.5, 0.6) is 23.1 Å². The van der Waals surface area contributed by atoms with Gasteiger partial charge in [0.2, 0.25) is 18.1 Å². The number of para-hydroxylation sites is 2. The van der Waals surface area contributed by atoms with E-state index in [1.54, 1.807) is 24.3 Å². The fraction of sp³-hybridized carbons (Fsp3) is 0.394. The number of methoxy groups -OCH3 is 2. The van der Waals surface area contributed by atoms with Crippen molar-refractivity contribution in [2.45, 2.75) is 43.7 Å². The van der Waals surface area contributed by atoms with Crippen LogP contribution in [0.15, 0.2) is 48.6 Å². The highest BCUT2D eigenvalue weighted by atomic mass is 16.7. The number of ether oxygens (including phenoxy) is 5. The van der Waals surface area contributed by atoms with E-state index in [4.69, 9.17) is 23.7 Å². The predicted octanol–water partition coefficient (Wildman–Crippen LogP) is -1.43. The maximum absolute atomic E-state index is 13.3. The Morgan fingerprint density at radius 1 is 0.902 bits per heavy atom. The van der Waals surface area contributed by atoms with Crippen LogP contribution in [0.25, 0.3) is 11.0 Å². The van der Waals surface area contributed by atoms with Gasteiger partial charge in [-0.25, -0.2) is 9.97 Å². The third kappa shape index (κ3) is 8.50. The van der Waals surface area contributed by atoms with Gasteiger partial charge in [-0.3, -0.25) is 24.1 Å². The molecule has 5 atom stereocenters. The van der Waals surface area contributed by atoms with E-state index in [9.17, 15) is 39.6 Å². The maximum Gasteiger partial charge on any atom is 0.275 e. The van der Waals surface area contributed by atoms with Gasteiger partial charge >= 0.3 is 0 Å². The Labute approximate surface area is 290 Å². The van der Waals surface area contributed by atoms with Gasteiger partial charge in [0.25, 0.3) is 17.7 Å². The fourth-order valence-electron chi connectivity index (χ4n) is 5.26. The quantitative estimate of drug-likeness (QED) is 0.0781. The number of imide groups is 1. The maximum atomic E-state index is 13.3. The zero-order valence-corrected chi connectivity index (χ0v) is 27.6. The predicted molar refractivity (Wildman–Crippen MR) is 174 cm³/mol. The van der Waals surface area contributed by atoms with Crippen LogP contribution >= 0.6 is 0 Å². The lowest BCUT2D eigenvalue weighted by atomic mass is 9.99. The first-order valence-electron chi connectivity index (χ1n) is 15.7. The van der Waals surface area contributed by atoms with Crippen molar-refractivity contribution in [1.29, 1.82) is 0 Å². The van der Waals surface area contributed by atoms with Crippen molar-refractivity contribution in [3.05, 3.63) is 59.8 Å². The summed E-state index contributed by atoms with van der Waals surface area (Å²) in [6.45, 7) is -0.867. The molecule has 0 bridgehead atoms. The Morgan fingerprint density at radius 3 is 2.16 bits per heavy atom. The molecule has 5 rings (SSSR count). The lowest BCUT2D eigenvalue weighted by Crippen LogP contribution is -2.60. The molecule has 2 aliphatic rings. The zero-order chi connectivity index (χ0) is 36.7. The molecule has 51 heavy (non-hydrogen) atoms. The van der Waals surface area contributed by atoms with Crippen LogP contribution < -0.4 is 29.6 Å². The largest absolute Gasteiger partial charge is 0.496 e. The Bertz CT molecular complexity index is 1760. The molecule has 4 unspecified atom stereocenters. The first kappa shape index (κ1) is 36.9. The molecule has 4 amide bonds. The number of carbonyl (C=O) groups is 4. The van der Waals surface area contributed by atoms with Crippen molar-refractivity contribution in [3.63, 3.8) is 0 Å². The number of rotatable bonds is 15. The van der Waals surface area contributed by atoms with Crippen molar-refractivity contribution >= 4 is 34.7 Å². The second-order valence-electron chi connectivity index (χ2n) is 11.3. The van der Waals surface area contributed by atoms with E-state index < -0.39 is 60.9 Å². The lowest BCUT2D eigenvalue weighted by Gasteiger charge is -2.39. The first-order valence-corrected chi connectivity index (χ1v) is 15.7. The smallest absolute Gasteiger partial charge is 0.275 e. The molecule has 0 saturated carbocycles. The topological polar surface area (TPSA) is 248 Å². The summed E-state index contributed by atoms with van der Waals surface area (Å²) in [4.78, 5) is 58.7. The number of hydrogen-bond donors (Lipinski definition) is 6. The third-order valence-electron chi connectivity index (χ3n) is 7.98. The molecule has 18 nitrogen and oxygen atoms in total. The molecule has 0 radical (unpaired) electrons. The van der Waals surface area contributed by atoms with Crippen molar-refractivity contribution in [1.82, 2.24) is 25.5 Å². The van der Waals surface area contributed by atoms with Gasteiger partial charge in [-0.2, -0.15) is 0 Å². The number of carbonyl (C=O) groups excluding carboxylic acids is 4. The summed E-state index contributed by atoms with van der Waals surface area (Å²) in [6, 6.07) is 9.72. The number of benzene rings is 2.